The molecule has 1 fully saturated rings. The van der Waals surface area contributed by atoms with E-state index in [9.17, 15) is 14.4 Å². The number of aryl methyl sites for hydroxylation is 2. The number of nitrogens with one attached hydrogen (secondary N) is 1. The molecule has 4 aromatic rings. The molecule has 0 aliphatic carbocycles. The third kappa shape index (κ3) is 4.78. The Morgan fingerprint density at radius 3 is 2.43 bits per heavy atom. The molecular weight excluding hydrogens is 532 g/mol. The monoisotopic (exact) mass is 554 g/mol. The van der Waals surface area contributed by atoms with Gasteiger partial charge < -0.3 is 4.74 Å². The molecule has 0 aromatic heterocycles. The van der Waals surface area contributed by atoms with Gasteiger partial charge in [-0.25, -0.2) is 9.69 Å². The van der Waals surface area contributed by atoms with Crippen molar-refractivity contribution in [2.45, 2.75) is 20.5 Å². The Labute approximate surface area is 222 Å². The summed E-state index contributed by atoms with van der Waals surface area (Å²) in [6, 6.07) is 23.7. The molecule has 0 saturated carbocycles. The quantitative estimate of drug-likeness (QED) is 0.227. The molecule has 0 bridgehead atoms. The Bertz CT molecular complexity index is 1610. The van der Waals surface area contributed by atoms with E-state index < -0.39 is 17.8 Å². The zero-order valence-corrected chi connectivity index (χ0v) is 21.8. The van der Waals surface area contributed by atoms with Crippen LogP contribution in [0.4, 0.5) is 10.5 Å². The number of imide groups is 2. The first-order valence-corrected chi connectivity index (χ1v) is 12.5. The number of carbonyl (C=O) groups excluding carboxylic acids is 3. The number of fused-ring (bicyclic) bond motifs is 1. The number of halogens is 1. The van der Waals surface area contributed by atoms with E-state index in [1.54, 1.807) is 12.1 Å². The number of benzene rings is 4. The lowest BCUT2D eigenvalue weighted by molar-refractivity contribution is -0.122. The van der Waals surface area contributed by atoms with E-state index in [0.717, 1.165) is 36.8 Å². The van der Waals surface area contributed by atoms with Crippen LogP contribution in [0.1, 0.15) is 22.3 Å². The number of rotatable bonds is 5. The minimum absolute atomic E-state index is 0.153. The van der Waals surface area contributed by atoms with E-state index in [-0.39, 0.29) is 12.2 Å². The van der Waals surface area contributed by atoms with Crippen LogP contribution in [0.15, 0.2) is 88.9 Å². The van der Waals surface area contributed by atoms with Gasteiger partial charge in [-0.15, -0.1) is 0 Å². The van der Waals surface area contributed by atoms with Crippen LogP contribution in [0.5, 0.6) is 5.75 Å². The molecule has 4 aromatic carbocycles. The second-order valence-electron chi connectivity index (χ2n) is 8.81. The van der Waals surface area contributed by atoms with Crippen LogP contribution >= 0.6 is 15.9 Å². The molecule has 37 heavy (non-hydrogen) atoms. The lowest BCUT2D eigenvalue weighted by Gasteiger charge is -2.27. The van der Waals surface area contributed by atoms with E-state index in [0.29, 0.717) is 17.0 Å². The maximum atomic E-state index is 13.5. The average Bonchev–Trinajstić information content (AvgIpc) is 2.88. The van der Waals surface area contributed by atoms with Crippen molar-refractivity contribution in [1.29, 1.82) is 0 Å². The first kappa shape index (κ1) is 24.5. The van der Waals surface area contributed by atoms with Crippen LogP contribution in [-0.4, -0.2) is 17.8 Å². The Hall–Kier alpha value is -4.23. The van der Waals surface area contributed by atoms with Gasteiger partial charge in [-0.2, -0.15) is 0 Å². The average molecular weight is 555 g/mol. The zero-order valence-electron chi connectivity index (χ0n) is 20.2. The van der Waals surface area contributed by atoms with E-state index in [1.807, 2.05) is 80.6 Å². The van der Waals surface area contributed by atoms with Gasteiger partial charge >= 0.3 is 6.03 Å². The molecule has 0 radical (unpaired) electrons. The highest BCUT2D eigenvalue weighted by Gasteiger charge is 2.37. The van der Waals surface area contributed by atoms with Gasteiger partial charge in [0.05, 0.1) is 5.69 Å². The minimum Gasteiger partial charge on any atom is -0.488 e. The number of hydrogen-bond donors (Lipinski definition) is 1. The summed E-state index contributed by atoms with van der Waals surface area (Å²) in [6.07, 6.45) is 1.51. The standard InChI is InChI=1S/C30H23BrN2O4/c1-18-11-13-22(15-19(18)2)33-29(35)25(28(34)32-30(33)36)16-24-23-9-5-3-7-20(23)12-14-27(24)37-17-21-8-4-6-10-26(21)31/h3-16H,17H2,1-2H3,(H,32,34,36)/b25-16+. The fourth-order valence-electron chi connectivity index (χ4n) is 4.22. The smallest absolute Gasteiger partial charge is 0.335 e. The van der Waals surface area contributed by atoms with Crippen molar-refractivity contribution in [2.24, 2.45) is 0 Å². The van der Waals surface area contributed by atoms with Gasteiger partial charge in [-0.05, 0) is 66.1 Å². The molecule has 1 N–H and O–H groups in total. The number of urea groups is 1. The Balaban J connectivity index is 1.59. The first-order valence-electron chi connectivity index (χ1n) is 11.7. The van der Waals surface area contributed by atoms with Crippen molar-refractivity contribution in [3.63, 3.8) is 0 Å². The highest BCUT2D eigenvalue weighted by molar-refractivity contribution is 9.10. The summed E-state index contributed by atoms with van der Waals surface area (Å²) in [6.45, 7) is 4.13. The number of carbonyl (C=O) groups is 3. The van der Waals surface area contributed by atoms with Gasteiger partial charge in [0.25, 0.3) is 11.8 Å². The number of hydrogen-bond acceptors (Lipinski definition) is 4. The third-order valence-corrected chi connectivity index (χ3v) is 7.18. The molecule has 5 rings (SSSR count). The third-order valence-electron chi connectivity index (χ3n) is 6.41. The summed E-state index contributed by atoms with van der Waals surface area (Å²) in [5.74, 6) is -0.932. The summed E-state index contributed by atoms with van der Waals surface area (Å²) >= 11 is 3.54. The van der Waals surface area contributed by atoms with Crippen molar-refractivity contribution in [2.75, 3.05) is 4.90 Å². The van der Waals surface area contributed by atoms with E-state index in [1.165, 1.54) is 6.08 Å². The minimum atomic E-state index is -0.779. The van der Waals surface area contributed by atoms with Gasteiger partial charge in [0.1, 0.15) is 17.9 Å². The highest BCUT2D eigenvalue weighted by atomic mass is 79.9. The van der Waals surface area contributed by atoms with Gasteiger partial charge in [-0.1, -0.05) is 70.5 Å². The molecule has 0 atom stereocenters. The number of nitrogens with zero attached hydrogens (tertiary/aromatic N) is 1. The van der Waals surface area contributed by atoms with Crippen molar-refractivity contribution in [1.82, 2.24) is 5.32 Å². The first-order chi connectivity index (χ1) is 17.8. The number of amides is 4. The summed E-state index contributed by atoms with van der Waals surface area (Å²) in [5, 5.41) is 4.05. The summed E-state index contributed by atoms with van der Waals surface area (Å²) in [5.41, 5.74) is 3.73. The van der Waals surface area contributed by atoms with Crippen LogP contribution in [-0.2, 0) is 16.2 Å². The second-order valence-corrected chi connectivity index (χ2v) is 9.66. The van der Waals surface area contributed by atoms with Gasteiger partial charge in [-0.3, -0.25) is 14.9 Å². The van der Waals surface area contributed by atoms with Gasteiger partial charge in [0.2, 0.25) is 0 Å². The molecule has 1 heterocycles. The number of ether oxygens (including phenoxy) is 1. The molecule has 1 saturated heterocycles. The number of anilines is 1. The molecule has 4 amide bonds. The van der Waals surface area contributed by atoms with Crippen molar-refractivity contribution >= 4 is 56.3 Å². The molecular formula is C30H23BrN2O4. The normalized spacial score (nSPS) is 14.8. The largest absolute Gasteiger partial charge is 0.488 e. The molecule has 7 heteroatoms. The summed E-state index contributed by atoms with van der Waals surface area (Å²) in [7, 11) is 0. The van der Waals surface area contributed by atoms with Crippen LogP contribution < -0.4 is 15.0 Å². The van der Waals surface area contributed by atoms with Crippen molar-refractivity contribution in [3.8, 4) is 5.75 Å². The fraction of sp³-hybridized carbons (Fsp3) is 0.100. The molecule has 0 spiro atoms. The Kier molecular flexibility index (Phi) is 6.63. The lowest BCUT2D eigenvalue weighted by Crippen LogP contribution is -2.54. The lowest BCUT2D eigenvalue weighted by atomic mass is 9.99. The Morgan fingerprint density at radius 1 is 0.892 bits per heavy atom. The van der Waals surface area contributed by atoms with Crippen LogP contribution in [0, 0.1) is 13.8 Å². The van der Waals surface area contributed by atoms with Crippen molar-refractivity contribution in [3.05, 3.63) is 111 Å². The molecule has 0 unspecified atom stereocenters. The maximum Gasteiger partial charge on any atom is 0.335 e. The SMILES string of the molecule is Cc1ccc(N2C(=O)NC(=O)/C(=C\c3c(OCc4ccccc4Br)ccc4ccccc34)C2=O)cc1C. The molecule has 1 aliphatic heterocycles. The van der Waals surface area contributed by atoms with Crippen LogP contribution in [0.25, 0.3) is 16.8 Å². The maximum absolute atomic E-state index is 13.5. The fourth-order valence-corrected chi connectivity index (χ4v) is 4.62. The van der Waals surface area contributed by atoms with Crippen molar-refractivity contribution < 1.29 is 19.1 Å². The second kappa shape index (κ2) is 10.0. The topological polar surface area (TPSA) is 75.7 Å². The number of barbiturate groups is 1. The van der Waals surface area contributed by atoms with Gasteiger partial charge in [0.15, 0.2) is 0 Å². The predicted octanol–water partition coefficient (Wildman–Crippen LogP) is 6.46. The van der Waals surface area contributed by atoms with E-state index >= 15 is 0 Å². The molecule has 1 aliphatic rings. The molecule has 6 nitrogen and oxygen atoms in total. The summed E-state index contributed by atoms with van der Waals surface area (Å²) in [4.78, 5) is 40.1. The highest BCUT2D eigenvalue weighted by Crippen LogP contribution is 2.33. The molecule has 184 valence electrons. The van der Waals surface area contributed by atoms with E-state index in [4.69, 9.17) is 4.74 Å². The van der Waals surface area contributed by atoms with Crippen LogP contribution in [0.3, 0.4) is 0 Å². The van der Waals surface area contributed by atoms with Gasteiger partial charge in [0, 0.05) is 15.6 Å². The summed E-state index contributed by atoms with van der Waals surface area (Å²) < 4.78 is 7.10. The Morgan fingerprint density at radius 2 is 1.65 bits per heavy atom. The predicted molar refractivity (Wildman–Crippen MR) is 147 cm³/mol. The van der Waals surface area contributed by atoms with E-state index in [2.05, 4.69) is 21.2 Å². The zero-order chi connectivity index (χ0) is 26.1. The van der Waals surface area contributed by atoms with Crippen LogP contribution in [0.2, 0.25) is 0 Å².